The summed E-state index contributed by atoms with van der Waals surface area (Å²) in [6.07, 6.45) is 0. The van der Waals surface area contributed by atoms with Crippen LogP contribution in [0.2, 0.25) is 0 Å². The van der Waals surface area contributed by atoms with Crippen molar-refractivity contribution in [1.29, 1.82) is 5.26 Å². The summed E-state index contributed by atoms with van der Waals surface area (Å²) in [6, 6.07) is 8.23. The van der Waals surface area contributed by atoms with Crippen LogP contribution in [0.25, 0.3) is 0 Å². The van der Waals surface area contributed by atoms with Crippen LogP contribution in [0.5, 0.6) is 0 Å². The van der Waals surface area contributed by atoms with Crippen molar-refractivity contribution in [3.05, 3.63) is 52.0 Å². The third kappa shape index (κ3) is 2.97. The van der Waals surface area contributed by atoms with Crippen molar-refractivity contribution in [2.24, 2.45) is 0 Å². The van der Waals surface area contributed by atoms with Crippen LogP contribution < -0.4 is 0 Å². The quantitative estimate of drug-likeness (QED) is 0.868. The molecule has 0 amide bonds. The smallest absolute Gasteiger partial charge is 0.207 e. The van der Waals surface area contributed by atoms with Gasteiger partial charge in [0, 0.05) is 11.9 Å². The highest BCUT2D eigenvalue weighted by atomic mass is 32.2. The lowest BCUT2D eigenvalue weighted by atomic mass is 10.2. The third-order valence-electron chi connectivity index (χ3n) is 3.24. The van der Waals surface area contributed by atoms with Gasteiger partial charge in [0.1, 0.15) is 11.9 Å². The summed E-state index contributed by atoms with van der Waals surface area (Å²) in [5.41, 5.74) is -0.284. The van der Waals surface area contributed by atoms with E-state index in [0.29, 0.717) is 0 Å². The normalized spacial score (nSPS) is 13.1. The van der Waals surface area contributed by atoms with Crippen molar-refractivity contribution in [2.45, 2.75) is 17.9 Å². The number of hydrogen-bond acceptors (Lipinski definition) is 4. The van der Waals surface area contributed by atoms with Gasteiger partial charge >= 0.3 is 0 Å². The predicted molar refractivity (Wildman–Crippen MR) is 78.8 cm³/mol. The van der Waals surface area contributed by atoms with Crippen molar-refractivity contribution < 1.29 is 12.8 Å². The molecule has 4 nitrogen and oxygen atoms in total. The van der Waals surface area contributed by atoms with Gasteiger partial charge in [-0.05, 0) is 36.6 Å². The Kier molecular flexibility index (Phi) is 4.42. The maximum Gasteiger partial charge on any atom is 0.243 e. The molecule has 0 aliphatic rings. The summed E-state index contributed by atoms with van der Waals surface area (Å²) < 4.78 is 39.6. The van der Waals surface area contributed by atoms with E-state index in [1.807, 2.05) is 17.5 Å². The van der Waals surface area contributed by atoms with Crippen LogP contribution in [0.4, 0.5) is 4.39 Å². The zero-order valence-electron chi connectivity index (χ0n) is 11.4. The largest absolute Gasteiger partial charge is 0.243 e. The molecule has 0 aliphatic carbocycles. The number of benzene rings is 1. The fourth-order valence-corrected chi connectivity index (χ4v) is 4.10. The second-order valence-electron chi connectivity index (χ2n) is 4.47. The van der Waals surface area contributed by atoms with Gasteiger partial charge in [-0.15, -0.1) is 11.3 Å². The fraction of sp³-hybridized carbons (Fsp3) is 0.214. The van der Waals surface area contributed by atoms with Crippen molar-refractivity contribution in [3.8, 4) is 6.07 Å². The first-order valence-electron chi connectivity index (χ1n) is 6.09. The third-order valence-corrected chi connectivity index (χ3v) is 6.20. The van der Waals surface area contributed by atoms with Crippen molar-refractivity contribution in [1.82, 2.24) is 4.31 Å². The first-order valence-corrected chi connectivity index (χ1v) is 8.41. The molecule has 0 saturated carbocycles. The first kappa shape index (κ1) is 15.6. The molecule has 1 aromatic heterocycles. The zero-order valence-corrected chi connectivity index (χ0v) is 13.1. The molecule has 2 rings (SSSR count). The maximum atomic E-state index is 13.3. The van der Waals surface area contributed by atoms with E-state index in [1.54, 1.807) is 13.0 Å². The van der Waals surface area contributed by atoms with Crippen molar-refractivity contribution >= 4 is 21.4 Å². The second kappa shape index (κ2) is 5.93. The van der Waals surface area contributed by atoms with Gasteiger partial charge in [0.05, 0.1) is 16.5 Å². The monoisotopic (exact) mass is 324 g/mol. The maximum absolute atomic E-state index is 13.3. The molecule has 0 aliphatic heterocycles. The topological polar surface area (TPSA) is 61.2 Å². The lowest BCUT2D eigenvalue weighted by Gasteiger charge is -2.23. The average Bonchev–Trinajstić information content (AvgIpc) is 3.00. The SMILES string of the molecule is CC(c1cccs1)N(C)S(=O)(=O)c1ccc(F)c(C#N)c1. The van der Waals surface area contributed by atoms with Gasteiger partial charge in [0.2, 0.25) is 10.0 Å². The van der Waals surface area contributed by atoms with E-state index in [1.165, 1.54) is 28.8 Å². The molecule has 1 atom stereocenters. The Balaban J connectivity index is 2.40. The van der Waals surface area contributed by atoms with E-state index < -0.39 is 15.8 Å². The molecule has 0 N–H and O–H groups in total. The number of nitrogens with zero attached hydrogens (tertiary/aromatic N) is 2. The summed E-state index contributed by atoms with van der Waals surface area (Å²) >= 11 is 1.46. The van der Waals surface area contributed by atoms with E-state index in [2.05, 4.69) is 0 Å². The Bertz CT molecular complexity index is 780. The van der Waals surface area contributed by atoms with E-state index in [-0.39, 0.29) is 16.5 Å². The van der Waals surface area contributed by atoms with Crippen LogP contribution in [-0.4, -0.2) is 19.8 Å². The molecule has 0 saturated heterocycles. The Hall–Kier alpha value is -1.75. The number of rotatable bonds is 4. The highest BCUT2D eigenvalue weighted by Gasteiger charge is 2.27. The molecule has 0 spiro atoms. The number of thiophene rings is 1. The van der Waals surface area contributed by atoms with Crippen molar-refractivity contribution in [2.75, 3.05) is 7.05 Å². The molecule has 2 aromatic rings. The van der Waals surface area contributed by atoms with Crippen LogP contribution in [0.3, 0.4) is 0 Å². The Morgan fingerprint density at radius 2 is 2.10 bits per heavy atom. The molecule has 7 heteroatoms. The second-order valence-corrected chi connectivity index (χ2v) is 7.44. The summed E-state index contributed by atoms with van der Waals surface area (Å²) in [7, 11) is -2.32. The van der Waals surface area contributed by atoms with Crippen molar-refractivity contribution in [3.63, 3.8) is 0 Å². The summed E-state index contributed by atoms with van der Waals surface area (Å²) in [6.45, 7) is 1.78. The molecule has 0 radical (unpaired) electrons. The van der Waals surface area contributed by atoms with Gasteiger partial charge in [-0.3, -0.25) is 0 Å². The summed E-state index contributed by atoms with van der Waals surface area (Å²) in [5.74, 6) is -0.731. The van der Waals surface area contributed by atoms with Gasteiger partial charge in [0.25, 0.3) is 0 Å². The van der Waals surface area contributed by atoms with Crippen LogP contribution in [0.1, 0.15) is 23.4 Å². The number of hydrogen-bond donors (Lipinski definition) is 0. The van der Waals surface area contributed by atoms with Crippen LogP contribution in [0, 0.1) is 17.1 Å². The van der Waals surface area contributed by atoms with E-state index in [9.17, 15) is 12.8 Å². The molecular formula is C14H13FN2O2S2. The van der Waals surface area contributed by atoms with E-state index in [4.69, 9.17) is 5.26 Å². The predicted octanol–water partition coefficient (Wildman–Crippen LogP) is 3.14. The van der Waals surface area contributed by atoms with Crippen LogP contribution >= 0.6 is 11.3 Å². The molecule has 110 valence electrons. The minimum Gasteiger partial charge on any atom is -0.207 e. The lowest BCUT2D eigenvalue weighted by molar-refractivity contribution is 0.403. The van der Waals surface area contributed by atoms with Gasteiger partial charge in [-0.2, -0.15) is 9.57 Å². The van der Waals surface area contributed by atoms with Crippen LogP contribution in [-0.2, 0) is 10.0 Å². The van der Waals surface area contributed by atoms with Gasteiger partial charge in [-0.25, -0.2) is 12.8 Å². The number of nitriles is 1. The minimum atomic E-state index is -3.79. The molecule has 0 bridgehead atoms. The van der Waals surface area contributed by atoms with E-state index in [0.717, 1.165) is 17.0 Å². The highest BCUT2D eigenvalue weighted by Crippen LogP contribution is 2.28. The Morgan fingerprint density at radius 1 is 1.38 bits per heavy atom. The summed E-state index contributed by atoms with van der Waals surface area (Å²) in [5, 5.41) is 10.7. The molecule has 0 fully saturated rings. The zero-order chi connectivity index (χ0) is 15.6. The lowest BCUT2D eigenvalue weighted by Crippen LogP contribution is -2.29. The molecule has 1 unspecified atom stereocenters. The molecular weight excluding hydrogens is 311 g/mol. The fourth-order valence-electron chi connectivity index (χ4n) is 1.83. The molecule has 1 heterocycles. The minimum absolute atomic E-state index is 0.0913. The number of halogens is 1. The Morgan fingerprint density at radius 3 is 2.67 bits per heavy atom. The molecule has 1 aromatic carbocycles. The van der Waals surface area contributed by atoms with Gasteiger partial charge in [-0.1, -0.05) is 6.07 Å². The summed E-state index contributed by atoms with van der Waals surface area (Å²) in [4.78, 5) is 0.815. The van der Waals surface area contributed by atoms with Gasteiger partial charge in [0.15, 0.2) is 0 Å². The first-order chi connectivity index (χ1) is 9.87. The van der Waals surface area contributed by atoms with Crippen LogP contribution in [0.15, 0.2) is 40.6 Å². The van der Waals surface area contributed by atoms with E-state index >= 15 is 0 Å². The Labute approximate surface area is 127 Å². The average molecular weight is 324 g/mol. The standard InChI is InChI=1S/C14H13FN2O2S2/c1-10(14-4-3-7-20-14)17(2)21(18,19)12-5-6-13(15)11(8-12)9-16/h3-8,10H,1-2H3. The van der Waals surface area contributed by atoms with Gasteiger partial charge < -0.3 is 0 Å². The number of sulfonamides is 1. The molecule has 21 heavy (non-hydrogen) atoms. The highest BCUT2D eigenvalue weighted by molar-refractivity contribution is 7.89.